The van der Waals surface area contributed by atoms with Gasteiger partial charge in [0, 0.05) is 25.2 Å². The molecule has 0 unspecified atom stereocenters. The van der Waals surface area contributed by atoms with E-state index in [9.17, 15) is 0 Å². The number of aliphatic imine (C=N–C) groups is 1. The number of nitrogens with zero attached hydrogens (tertiary/aromatic N) is 2. The van der Waals surface area contributed by atoms with Gasteiger partial charge in [-0.05, 0) is 49.5 Å². The van der Waals surface area contributed by atoms with Gasteiger partial charge < -0.3 is 20.3 Å². The van der Waals surface area contributed by atoms with Crippen LogP contribution in [-0.4, -0.2) is 44.7 Å². The second-order valence-corrected chi connectivity index (χ2v) is 6.72. The summed E-state index contributed by atoms with van der Waals surface area (Å²) >= 11 is 1.70. The lowest BCUT2D eigenvalue weighted by atomic mass is 10.2. The molecular formula is C19H28N4OS. The van der Waals surface area contributed by atoms with Gasteiger partial charge in [0.05, 0.1) is 6.54 Å². The molecule has 6 heteroatoms. The van der Waals surface area contributed by atoms with Gasteiger partial charge in [-0.1, -0.05) is 18.2 Å². The third kappa shape index (κ3) is 7.15. The van der Waals surface area contributed by atoms with Crippen molar-refractivity contribution in [2.24, 2.45) is 4.99 Å². The van der Waals surface area contributed by atoms with E-state index in [1.165, 1.54) is 5.56 Å². The van der Waals surface area contributed by atoms with Crippen LogP contribution in [0.2, 0.25) is 0 Å². The average Bonchev–Trinajstić information content (AvgIpc) is 3.11. The van der Waals surface area contributed by atoms with Crippen LogP contribution in [0.3, 0.4) is 0 Å². The van der Waals surface area contributed by atoms with Crippen LogP contribution in [0.5, 0.6) is 5.75 Å². The minimum Gasteiger partial charge on any atom is -0.492 e. The van der Waals surface area contributed by atoms with Gasteiger partial charge in [-0.15, -0.1) is 0 Å². The normalized spacial score (nSPS) is 11.6. The Labute approximate surface area is 154 Å². The lowest BCUT2D eigenvalue weighted by Gasteiger charge is -2.16. The van der Waals surface area contributed by atoms with Crippen molar-refractivity contribution < 1.29 is 4.74 Å². The Kier molecular flexibility index (Phi) is 8.28. The molecule has 136 valence electrons. The largest absolute Gasteiger partial charge is 0.492 e. The van der Waals surface area contributed by atoms with Crippen molar-refractivity contribution in [3.63, 3.8) is 0 Å². The molecule has 0 saturated carbocycles. The molecular weight excluding hydrogens is 332 g/mol. The van der Waals surface area contributed by atoms with Crippen LogP contribution < -0.4 is 15.4 Å². The average molecular weight is 361 g/mol. The molecule has 0 aliphatic rings. The molecule has 2 rings (SSSR count). The topological polar surface area (TPSA) is 48.9 Å². The lowest BCUT2D eigenvalue weighted by Crippen LogP contribution is -2.36. The summed E-state index contributed by atoms with van der Waals surface area (Å²) in [5.74, 6) is 1.74. The Bertz CT molecular complexity index is 641. The quantitative estimate of drug-likeness (QED) is 0.533. The number of nitrogens with one attached hydrogen (secondary N) is 2. The molecule has 0 fully saturated rings. The molecule has 1 heterocycles. The second-order valence-electron chi connectivity index (χ2n) is 5.94. The molecule has 5 nitrogen and oxygen atoms in total. The fraction of sp³-hybridized carbons (Fsp3) is 0.421. The molecule has 1 aromatic heterocycles. The standard InChI is InChI=1S/C19H28N4OS/c1-4-20-19(21-13-16-9-12-25-15-16)22-14-17-7-5-6-8-18(17)24-11-10-23(2)3/h5-9,12,15H,4,10-11,13-14H2,1-3H3,(H2,20,21,22). The number of hydrogen-bond acceptors (Lipinski definition) is 4. The van der Waals surface area contributed by atoms with Crippen molar-refractivity contribution in [1.82, 2.24) is 15.5 Å². The van der Waals surface area contributed by atoms with Crippen molar-refractivity contribution in [3.8, 4) is 5.75 Å². The zero-order chi connectivity index (χ0) is 17.9. The summed E-state index contributed by atoms with van der Waals surface area (Å²) in [6.07, 6.45) is 0. The van der Waals surface area contributed by atoms with Gasteiger partial charge in [-0.3, -0.25) is 0 Å². The van der Waals surface area contributed by atoms with E-state index < -0.39 is 0 Å². The third-order valence-electron chi connectivity index (χ3n) is 3.56. The van der Waals surface area contributed by atoms with E-state index in [2.05, 4.69) is 50.3 Å². The van der Waals surface area contributed by atoms with Crippen LogP contribution in [0.25, 0.3) is 0 Å². The number of likely N-dealkylation sites (N-methyl/N-ethyl adjacent to an activating group) is 1. The maximum absolute atomic E-state index is 5.92. The second kappa shape index (κ2) is 10.7. The molecule has 1 aromatic carbocycles. The van der Waals surface area contributed by atoms with E-state index >= 15 is 0 Å². The molecule has 0 spiro atoms. The summed E-state index contributed by atoms with van der Waals surface area (Å²) in [5.41, 5.74) is 2.36. The smallest absolute Gasteiger partial charge is 0.191 e. The molecule has 0 saturated heterocycles. The maximum Gasteiger partial charge on any atom is 0.191 e. The first-order valence-electron chi connectivity index (χ1n) is 8.57. The number of para-hydroxylation sites is 1. The minimum atomic E-state index is 0.674. The number of ether oxygens (including phenoxy) is 1. The summed E-state index contributed by atoms with van der Waals surface area (Å²) in [5, 5.41) is 10.9. The molecule has 0 aliphatic carbocycles. The molecule has 0 bridgehead atoms. The highest BCUT2D eigenvalue weighted by Crippen LogP contribution is 2.17. The first kappa shape index (κ1) is 19.3. The van der Waals surface area contributed by atoms with Crippen molar-refractivity contribution in [3.05, 3.63) is 52.2 Å². The number of guanidine groups is 1. The molecule has 2 N–H and O–H groups in total. The van der Waals surface area contributed by atoms with Gasteiger partial charge in [0.15, 0.2) is 5.96 Å². The SMILES string of the molecule is CCNC(=NCc1ccsc1)NCc1ccccc1OCCN(C)C. The first-order valence-corrected chi connectivity index (χ1v) is 9.52. The fourth-order valence-electron chi connectivity index (χ4n) is 2.20. The Morgan fingerprint density at radius 3 is 2.76 bits per heavy atom. The van der Waals surface area contributed by atoms with E-state index in [0.29, 0.717) is 19.7 Å². The van der Waals surface area contributed by atoms with Gasteiger partial charge in [0.1, 0.15) is 12.4 Å². The summed E-state index contributed by atoms with van der Waals surface area (Å²) in [6, 6.07) is 10.2. The Morgan fingerprint density at radius 1 is 1.20 bits per heavy atom. The van der Waals surface area contributed by atoms with Gasteiger partial charge in [-0.25, -0.2) is 4.99 Å². The van der Waals surface area contributed by atoms with E-state index in [0.717, 1.165) is 30.4 Å². The summed E-state index contributed by atoms with van der Waals surface area (Å²) in [4.78, 5) is 6.75. The monoisotopic (exact) mass is 360 g/mol. The van der Waals surface area contributed by atoms with Crippen LogP contribution in [0.4, 0.5) is 0 Å². The van der Waals surface area contributed by atoms with Gasteiger partial charge in [-0.2, -0.15) is 11.3 Å². The van der Waals surface area contributed by atoms with Crippen LogP contribution in [0.1, 0.15) is 18.1 Å². The third-order valence-corrected chi connectivity index (χ3v) is 4.29. The van der Waals surface area contributed by atoms with Crippen molar-refractivity contribution >= 4 is 17.3 Å². The zero-order valence-corrected chi connectivity index (χ0v) is 16.1. The Balaban J connectivity index is 1.93. The molecule has 0 amide bonds. The van der Waals surface area contributed by atoms with Crippen molar-refractivity contribution in [2.75, 3.05) is 33.8 Å². The van der Waals surface area contributed by atoms with E-state index in [1.54, 1.807) is 11.3 Å². The molecule has 0 radical (unpaired) electrons. The van der Waals surface area contributed by atoms with Crippen molar-refractivity contribution in [1.29, 1.82) is 0 Å². The van der Waals surface area contributed by atoms with Gasteiger partial charge >= 0.3 is 0 Å². The highest BCUT2D eigenvalue weighted by Gasteiger charge is 2.05. The molecule has 0 aliphatic heterocycles. The predicted octanol–water partition coefficient (Wildman–Crippen LogP) is 2.94. The first-order chi connectivity index (χ1) is 12.2. The van der Waals surface area contributed by atoms with Crippen LogP contribution in [-0.2, 0) is 13.1 Å². The van der Waals surface area contributed by atoms with E-state index in [4.69, 9.17) is 4.74 Å². The highest BCUT2D eigenvalue weighted by atomic mass is 32.1. The molecule has 2 aromatic rings. The lowest BCUT2D eigenvalue weighted by molar-refractivity contribution is 0.259. The zero-order valence-electron chi connectivity index (χ0n) is 15.3. The number of benzene rings is 1. The van der Waals surface area contributed by atoms with Gasteiger partial charge in [0.25, 0.3) is 0 Å². The number of rotatable bonds is 9. The van der Waals surface area contributed by atoms with Crippen LogP contribution >= 0.6 is 11.3 Å². The van der Waals surface area contributed by atoms with E-state index in [-0.39, 0.29) is 0 Å². The molecule has 25 heavy (non-hydrogen) atoms. The summed E-state index contributed by atoms with van der Waals surface area (Å²) < 4.78 is 5.92. The predicted molar refractivity (Wildman–Crippen MR) is 106 cm³/mol. The fourth-order valence-corrected chi connectivity index (χ4v) is 2.86. The van der Waals surface area contributed by atoms with Crippen molar-refractivity contribution in [2.45, 2.75) is 20.0 Å². The Hall–Kier alpha value is -2.05. The number of hydrogen-bond donors (Lipinski definition) is 2. The summed E-state index contributed by atoms with van der Waals surface area (Å²) in [6.45, 7) is 5.83. The van der Waals surface area contributed by atoms with Crippen LogP contribution in [0.15, 0.2) is 46.1 Å². The minimum absolute atomic E-state index is 0.674. The van der Waals surface area contributed by atoms with Crippen LogP contribution in [0, 0.1) is 0 Å². The Morgan fingerprint density at radius 2 is 2.04 bits per heavy atom. The highest BCUT2D eigenvalue weighted by molar-refractivity contribution is 7.07. The molecule has 0 atom stereocenters. The number of thiophene rings is 1. The van der Waals surface area contributed by atoms with E-state index in [1.807, 2.05) is 32.3 Å². The van der Waals surface area contributed by atoms with Gasteiger partial charge in [0.2, 0.25) is 0 Å². The summed E-state index contributed by atoms with van der Waals surface area (Å²) in [7, 11) is 4.09. The maximum atomic E-state index is 5.92.